The van der Waals surface area contributed by atoms with E-state index in [0.717, 1.165) is 12.1 Å². The highest BCUT2D eigenvalue weighted by Gasteiger charge is 2.24. The monoisotopic (exact) mass is 332 g/mol. The van der Waals surface area contributed by atoms with Crippen molar-refractivity contribution in [3.05, 3.63) is 53.6 Å². The van der Waals surface area contributed by atoms with Gasteiger partial charge in [0.05, 0.1) is 11.7 Å². The van der Waals surface area contributed by atoms with Crippen LogP contribution in [0.5, 0.6) is 5.75 Å². The summed E-state index contributed by atoms with van der Waals surface area (Å²) < 4.78 is 38.2. The van der Waals surface area contributed by atoms with Gasteiger partial charge < -0.3 is 14.3 Å². The van der Waals surface area contributed by atoms with Gasteiger partial charge in [0.25, 0.3) is 0 Å². The molecule has 0 aliphatic rings. The molecule has 0 amide bonds. The van der Waals surface area contributed by atoms with Gasteiger partial charge in [-0.1, -0.05) is 0 Å². The molecule has 0 aliphatic carbocycles. The van der Waals surface area contributed by atoms with Crippen LogP contribution in [-0.4, -0.2) is 17.2 Å². The van der Waals surface area contributed by atoms with E-state index < -0.39 is 17.6 Å². The van der Waals surface area contributed by atoms with Gasteiger partial charge in [-0.3, -0.25) is 0 Å². The second kappa shape index (κ2) is 5.96. The molecule has 0 unspecified atom stereocenters. The van der Waals surface area contributed by atoms with Crippen molar-refractivity contribution < 1.29 is 27.8 Å². The van der Waals surface area contributed by atoms with Crippen LogP contribution in [0.2, 0.25) is 0 Å². The first-order chi connectivity index (χ1) is 11.4. The number of fused-ring (bicyclic) bond motifs is 1. The fourth-order valence-electron chi connectivity index (χ4n) is 2.50. The van der Waals surface area contributed by atoms with Gasteiger partial charge in [0, 0.05) is 11.5 Å². The van der Waals surface area contributed by atoms with Crippen molar-refractivity contribution in [3.8, 4) is 17.1 Å². The average molecular weight is 332 g/mol. The number of hydrogen-bond donors (Lipinski definition) is 1. The number of ether oxygens (including phenoxy) is 1. The summed E-state index contributed by atoms with van der Waals surface area (Å²) in [6.07, 6.45) is -0.0864. The van der Waals surface area contributed by atoms with Gasteiger partial charge in [0.2, 0.25) is 0 Å². The smallest absolute Gasteiger partial charge is 0.340 e. The summed E-state index contributed by atoms with van der Waals surface area (Å²) in [7, 11) is 0. The highest BCUT2D eigenvalue weighted by molar-refractivity contribution is 6.08. The minimum atomic E-state index is -1.27. The number of furan rings is 1. The molecule has 6 heteroatoms. The molecule has 1 heterocycles. The number of carboxylic acids is 1. The van der Waals surface area contributed by atoms with Crippen LogP contribution in [0.15, 0.2) is 40.8 Å². The second-order valence-electron chi connectivity index (χ2n) is 5.56. The number of aromatic carboxylic acids is 1. The maximum Gasteiger partial charge on any atom is 0.340 e. The van der Waals surface area contributed by atoms with Gasteiger partial charge in [-0.15, -0.1) is 0 Å². The van der Waals surface area contributed by atoms with E-state index in [2.05, 4.69) is 0 Å². The zero-order valence-electron chi connectivity index (χ0n) is 13.0. The number of rotatable bonds is 4. The molecule has 0 aliphatic heterocycles. The fraction of sp³-hybridized carbons (Fsp3) is 0.167. The van der Waals surface area contributed by atoms with Crippen LogP contribution in [0.4, 0.5) is 8.78 Å². The van der Waals surface area contributed by atoms with Crippen molar-refractivity contribution in [2.75, 3.05) is 0 Å². The minimum Gasteiger partial charge on any atom is -0.491 e. The van der Waals surface area contributed by atoms with Crippen LogP contribution in [0.1, 0.15) is 24.2 Å². The quantitative estimate of drug-likeness (QED) is 0.741. The molecule has 3 aromatic rings. The molecule has 0 fully saturated rings. The SMILES string of the molecule is CC(C)Oc1ccc2oc(-c3ccc(F)cc3F)c(C(=O)O)c2c1. The maximum atomic E-state index is 14.0. The van der Waals surface area contributed by atoms with Crippen molar-refractivity contribution in [2.24, 2.45) is 0 Å². The van der Waals surface area contributed by atoms with E-state index in [0.29, 0.717) is 17.2 Å². The molecule has 0 atom stereocenters. The number of benzene rings is 2. The van der Waals surface area contributed by atoms with Gasteiger partial charge in [-0.05, 0) is 44.2 Å². The normalized spacial score (nSPS) is 11.2. The maximum absolute atomic E-state index is 14.0. The summed E-state index contributed by atoms with van der Waals surface area (Å²) >= 11 is 0. The number of carbonyl (C=O) groups is 1. The van der Waals surface area contributed by atoms with Gasteiger partial charge >= 0.3 is 5.97 Å². The van der Waals surface area contributed by atoms with Crippen LogP contribution in [0.3, 0.4) is 0 Å². The van der Waals surface area contributed by atoms with Crippen molar-refractivity contribution >= 4 is 16.9 Å². The van der Waals surface area contributed by atoms with Crippen LogP contribution < -0.4 is 4.74 Å². The van der Waals surface area contributed by atoms with Crippen LogP contribution in [-0.2, 0) is 0 Å². The highest BCUT2D eigenvalue weighted by atomic mass is 19.1. The Kier molecular flexibility index (Phi) is 3.97. The standard InChI is InChI=1S/C18H14F2O4/c1-9(2)23-11-4-6-15-13(8-11)16(18(21)22)17(24-15)12-5-3-10(19)7-14(12)20/h3-9H,1-2H3,(H,21,22). The van der Waals surface area contributed by atoms with E-state index in [1.165, 1.54) is 6.07 Å². The lowest BCUT2D eigenvalue weighted by molar-refractivity contribution is 0.0699. The summed E-state index contributed by atoms with van der Waals surface area (Å²) in [4.78, 5) is 11.7. The van der Waals surface area contributed by atoms with Gasteiger partial charge in [0.1, 0.15) is 28.5 Å². The van der Waals surface area contributed by atoms with Crippen molar-refractivity contribution in [1.82, 2.24) is 0 Å². The lowest BCUT2D eigenvalue weighted by atomic mass is 10.0. The van der Waals surface area contributed by atoms with Crippen molar-refractivity contribution in [1.29, 1.82) is 0 Å². The van der Waals surface area contributed by atoms with E-state index in [9.17, 15) is 18.7 Å². The first-order valence-electron chi connectivity index (χ1n) is 7.28. The third-order valence-electron chi connectivity index (χ3n) is 3.42. The van der Waals surface area contributed by atoms with Crippen LogP contribution in [0, 0.1) is 11.6 Å². The molecule has 24 heavy (non-hydrogen) atoms. The molecule has 0 saturated carbocycles. The Morgan fingerprint density at radius 2 is 1.92 bits per heavy atom. The molecule has 1 N–H and O–H groups in total. The van der Waals surface area contributed by atoms with E-state index >= 15 is 0 Å². The molecule has 4 nitrogen and oxygen atoms in total. The molecule has 0 saturated heterocycles. The topological polar surface area (TPSA) is 59.7 Å². The number of hydrogen-bond acceptors (Lipinski definition) is 3. The largest absolute Gasteiger partial charge is 0.491 e. The summed E-state index contributed by atoms with van der Waals surface area (Å²) in [5, 5.41) is 9.83. The van der Waals surface area contributed by atoms with Crippen LogP contribution >= 0.6 is 0 Å². The molecule has 0 bridgehead atoms. The first kappa shape index (κ1) is 16.0. The Balaban J connectivity index is 2.24. The minimum absolute atomic E-state index is 0.0864. The Morgan fingerprint density at radius 1 is 1.17 bits per heavy atom. The Labute approximate surface area is 136 Å². The number of halogens is 2. The highest BCUT2D eigenvalue weighted by Crippen LogP contribution is 2.36. The van der Waals surface area contributed by atoms with E-state index in [1.54, 1.807) is 12.1 Å². The lowest BCUT2D eigenvalue weighted by Gasteiger charge is -2.09. The molecule has 3 rings (SSSR count). The zero-order valence-corrected chi connectivity index (χ0v) is 13.0. The molecule has 0 spiro atoms. The molecular weight excluding hydrogens is 318 g/mol. The molecular formula is C18H14F2O4. The Bertz CT molecular complexity index is 928. The van der Waals surface area contributed by atoms with E-state index in [-0.39, 0.29) is 28.6 Å². The fourth-order valence-corrected chi connectivity index (χ4v) is 2.50. The molecule has 2 aromatic carbocycles. The third-order valence-corrected chi connectivity index (χ3v) is 3.42. The third kappa shape index (κ3) is 2.82. The lowest BCUT2D eigenvalue weighted by Crippen LogP contribution is -2.05. The average Bonchev–Trinajstić information content (AvgIpc) is 2.84. The first-order valence-corrected chi connectivity index (χ1v) is 7.28. The summed E-state index contributed by atoms with van der Waals surface area (Å²) in [5.74, 6) is -2.59. The molecule has 124 valence electrons. The predicted molar refractivity (Wildman–Crippen MR) is 84.3 cm³/mol. The zero-order chi connectivity index (χ0) is 17.4. The van der Waals surface area contributed by atoms with E-state index in [4.69, 9.17) is 9.15 Å². The van der Waals surface area contributed by atoms with Crippen LogP contribution in [0.25, 0.3) is 22.3 Å². The summed E-state index contributed by atoms with van der Waals surface area (Å²) in [6.45, 7) is 3.69. The summed E-state index contributed by atoms with van der Waals surface area (Å²) in [6, 6.07) is 7.62. The van der Waals surface area contributed by atoms with Gasteiger partial charge in [0.15, 0.2) is 5.76 Å². The molecule has 0 radical (unpaired) electrons. The second-order valence-corrected chi connectivity index (χ2v) is 5.56. The van der Waals surface area contributed by atoms with Gasteiger partial charge in [-0.2, -0.15) is 0 Å². The van der Waals surface area contributed by atoms with Crippen molar-refractivity contribution in [2.45, 2.75) is 20.0 Å². The van der Waals surface area contributed by atoms with E-state index in [1.807, 2.05) is 13.8 Å². The predicted octanol–water partition coefficient (Wildman–Crippen LogP) is 4.86. The Hall–Kier alpha value is -2.89. The number of carboxylic acid groups (broad SMARTS) is 1. The summed E-state index contributed by atoms with van der Waals surface area (Å²) in [5.41, 5.74) is -0.0247. The van der Waals surface area contributed by atoms with Gasteiger partial charge in [-0.25, -0.2) is 13.6 Å². The molecule has 1 aromatic heterocycles. The van der Waals surface area contributed by atoms with Crippen molar-refractivity contribution in [3.63, 3.8) is 0 Å². The Morgan fingerprint density at radius 3 is 2.54 bits per heavy atom.